The number of hydrogen-bond donors (Lipinski definition) is 1. The van der Waals surface area contributed by atoms with Gasteiger partial charge in [-0.3, -0.25) is 0 Å². The molecule has 0 spiro atoms. The second-order valence-corrected chi connectivity index (χ2v) is 3.95. The Labute approximate surface area is 95.3 Å². The standard InChI is InChI=1S/C11H16N4O/c1-5-16-11(3,4)10-14-7(2)8(6-12)9(13)15-10/h5H2,1-4H3,(H2,13,14,15). The maximum absolute atomic E-state index is 8.86. The summed E-state index contributed by atoms with van der Waals surface area (Å²) in [6.07, 6.45) is 0. The minimum Gasteiger partial charge on any atom is -0.382 e. The first-order chi connectivity index (χ1) is 7.42. The monoisotopic (exact) mass is 220 g/mol. The Morgan fingerprint density at radius 2 is 2.06 bits per heavy atom. The molecule has 86 valence electrons. The van der Waals surface area contributed by atoms with Crippen LogP contribution in [0, 0.1) is 18.3 Å². The fourth-order valence-electron chi connectivity index (χ4n) is 1.43. The van der Waals surface area contributed by atoms with Crippen molar-refractivity contribution in [1.82, 2.24) is 9.97 Å². The number of rotatable bonds is 3. The number of hydrogen-bond acceptors (Lipinski definition) is 5. The SMILES string of the molecule is CCOC(C)(C)c1nc(C)c(C#N)c(N)n1. The van der Waals surface area contributed by atoms with Gasteiger partial charge in [-0.05, 0) is 27.7 Å². The molecule has 1 aromatic heterocycles. The van der Waals surface area contributed by atoms with Crippen LogP contribution in [0.4, 0.5) is 5.82 Å². The minimum atomic E-state index is -0.596. The number of nitriles is 1. The van der Waals surface area contributed by atoms with E-state index >= 15 is 0 Å². The first kappa shape index (κ1) is 12.4. The summed E-state index contributed by atoms with van der Waals surface area (Å²) in [4.78, 5) is 8.37. The van der Waals surface area contributed by atoms with Gasteiger partial charge in [0.15, 0.2) is 5.82 Å². The average molecular weight is 220 g/mol. The molecule has 0 aliphatic rings. The van der Waals surface area contributed by atoms with E-state index in [2.05, 4.69) is 9.97 Å². The third kappa shape index (κ3) is 2.28. The summed E-state index contributed by atoms with van der Waals surface area (Å²) in [5, 5.41) is 8.86. The molecule has 0 aliphatic carbocycles. The highest BCUT2D eigenvalue weighted by Crippen LogP contribution is 2.23. The molecule has 0 saturated carbocycles. The summed E-state index contributed by atoms with van der Waals surface area (Å²) in [5.41, 5.74) is 6.01. The van der Waals surface area contributed by atoms with Crippen molar-refractivity contribution in [1.29, 1.82) is 5.26 Å². The Bertz CT molecular complexity index is 411. The Kier molecular flexibility index (Phi) is 3.45. The van der Waals surface area contributed by atoms with E-state index in [1.807, 2.05) is 26.8 Å². The number of nitrogen functional groups attached to an aromatic ring is 1. The van der Waals surface area contributed by atoms with Crippen LogP contribution in [-0.4, -0.2) is 16.6 Å². The largest absolute Gasteiger partial charge is 0.382 e. The Morgan fingerprint density at radius 1 is 1.44 bits per heavy atom. The second-order valence-electron chi connectivity index (χ2n) is 3.95. The molecule has 0 aliphatic heterocycles. The molecule has 1 heterocycles. The van der Waals surface area contributed by atoms with Crippen molar-refractivity contribution in [2.24, 2.45) is 0 Å². The van der Waals surface area contributed by atoms with Gasteiger partial charge in [0.05, 0.1) is 5.69 Å². The maximum atomic E-state index is 8.86. The van der Waals surface area contributed by atoms with Crippen LogP contribution in [0.25, 0.3) is 0 Å². The lowest BCUT2D eigenvalue weighted by atomic mass is 10.1. The summed E-state index contributed by atoms with van der Waals surface area (Å²) < 4.78 is 5.54. The molecule has 0 aromatic carbocycles. The van der Waals surface area contributed by atoms with Crippen LogP contribution < -0.4 is 5.73 Å². The fraction of sp³-hybridized carbons (Fsp3) is 0.545. The van der Waals surface area contributed by atoms with Gasteiger partial charge >= 0.3 is 0 Å². The number of aromatic nitrogens is 2. The summed E-state index contributed by atoms with van der Waals surface area (Å²) in [6.45, 7) is 7.95. The maximum Gasteiger partial charge on any atom is 0.162 e. The third-order valence-electron chi connectivity index (χ3n) is 2.27. The van der Waals surface area contributed by atoms with Crippen LogP contribution in [-0.2, 0) is 10.3 Å². The van der Waals surface area contributed by atoms with Gasteiger partial charge < -0.3 is 10.5 Å². The van der Waals surface area contributed by atoms with E-state index in [1.165, 1.54) is 0 Å². The van der Waals surface area contributed by atoms with Crippen molar-refractivity contribution in [2.45, 2.75) is 33.3 Å². The van der Waals surface area contributed by atoms with E-state index in [0.29, 0.717) is 23.7 Å². The molecule has 2 N–H and O–H groups in total. The van der Waals surface area contributed by atoms with E-state index in [-0.39, 0.29) is 5.82 Å². The number of nitrogens with two attached hydrogens (primary N) is 1. The molecule has 5 heteroatoms. The quantitative estimate of drug-likeness (QED) is 0.834. The van der Waals surface area contributed by atoms with Crippen LogP contribution in [0.15, 0.2) is 0 Å². The predicted octanol–water partition coefficient (Wildman–Crippen LogP) is 1.51. The van der Waals surface area contributed by atoms with E-state index in [1.54, 1.807) is 6.92 Å². The van der Waals surface area contributed by atoms with Gasteiger partial charge in [0.25, 0.3) is 0 Å². The van der Waals surface area contributed by atoms with Crippen molar-refractivity contribution in [3.05, 3.63) is 17.1 Å². The molecule has 16 heavy (non-hydrogen) atoms. The highest BCUT2D eigenvalue weighted by Gasteiger charge is 2.25. The van der Waals surface area contributed by atoms with E-state index in [9.17, 15) is 0 Å². The van der Waals surface area contributed by atoms with Crippen molar-refractivity contribution in [3.63, 3.8) is 0 Å². The lowest BCUT2D eigenvalue weighted by molar-refractivity contribution is -0.0208. The smallest absolute Gasteiger partial charge is 0.162 e. The van der Waals surface area contributed by atoms with Crippen LogP contribution in [0.5, 0.6) is 0 Å². The molecule has 1 aromatic rings. The third-order valence-corrected chi connectivity index (χ3v) is 2.27. The van der Waals surface area contributed by atoms with Crippen molar-refractivity contribution >= 4 is 5.82 Å². The molecule has 0 saturated heterocycles. The lowest BCUT2D eigenvalue weighted by Crippen LogP contribution is -2.26. The normalized spacial score (nSPS) is 11.2. The number of nitrogens with zero attached hydrogens (tertiary/aromatic N) is 3. The molecular formula is C11H16N4O. The van der Waals surface area contributed by atoms with Crippen LogP contribution in [0.1, 0.15) is 37.9 Å². The van der Waals surface area contributed by atoms with Gasteiger partial charge in [0, 0.05) is 6.61 Å². The van der Waals surface area contributed by atoms with Crippen LogP contribution >= 0.6 is 0 Å². The predicted molar refractivity (Wildman–Crippen MR) is 60.5 cm³/mol. The molecule has 5 nitrogen and oxygen atoms in total. The van der Waals surface area contributed by atoms with Crippen molar-refractivity contribution < 1.29 is 4.74 Å². The molecular weight excluding hydrogens is 204 g/mol. The first-order valence-corrected chi connectivity index (χ1v) is 5.11. The molecule has 0 amide bonds. The lowest BCUT2D eigenvalue weighted by Gasteiger charge is -2.23. The van der Waals surface area contributed by atoms with Gasteiger partial charge in [-0.15, -0.1) is 0 Å². The van der Waals surface area contributed by atoms with Crippen LogP contribution in [0.2, 0.25) is 0 Å². The Hall–Kier alpha value is -1.67. The molecule has 0 radical (unpaired) electrons. The summed E-state index contributed by atoms with van der Waals surface area (Å²) in [5.74, 6) is 0.709. The van der Waals surface area contributed by atoms with E-state index in [4.69, 9.17) is 15.7 Å². The number of anilines is 1. The zero-order valence-electron chi connectivity index (χ0n) is 10.0. The zero-order valence-corrected chi connectivity index (χ0v) is 10.0. The minimum absolute atomic E-state index is 0.206. The summed E-state index contributed by atoms with van der Waals surface area (Å²) >= 11 is 0. The molecule has 0 fully saturated rings. The van der Waals surface area contributed by atoms with Gasteiger partial charge in [-0.25, -0.2) is 9.97 Å². The molecule has 0 unspecified atom stereocenters. The second kappa shape index (κ2) is 4.45. The first-order valence-electron chi connectivity index (χ1n) is 5.11. The van der Waals surface area contributed by atoms with Gasteiger partial charge in [-0.2, -0.15) is 5.26 Å². The van der Waals surface area contributed by atoms with Gasteiger partial charge in [0.2, 0.25) is 0 Å². The highest BCUT2D eigenvalue weighted by atomic mass is 16.5. The Balaban J connectivity index is 3.24. The van der Waals surface area contributed by atoms with Crippen molar-refractivity contribution in [2.75, 3.05) is 12.3 Å². The number of ether oxygens (including phenoxy) is 1. The average Bonchev–Trinajstić information content (AvgIpc) is 2.17. The molecule has 1 rings (SSSR count). The highest BCUT2D eigenvalue weighted by molar-refractivity contribution is 5.50. The van der Waals surface area contributed by atoms with E-state index < -0.39 is 5.60 Å². The van der Waals surface area contributed by atoms with Gasteiger partial charge in [-0.1, -0.05) is 0 Å². The topological polar surface area (TPSA) is 84.8 Å². The Morgan fingerprint density at radius 3 is 2.50 bits per heavy atom. The van der Waals surface area contributed by atoms with Crippen LogP contribution in [0.3, 0.4) is 0 Å². The fourth-order valence-corrected chi connectivity index (χ4v) is 1.43. The summed E-state index contributed by atoms with van der Waals surface area (Å²) in [6, 6.07) is 1.98. The van der Waals surface area contributed by atoms with Gasteiger partial charge in [0.1, 0.15) is 23.1 Å². The zero-order chi connectivity index (χ0) is 12.3. The molecule has 0 atom stereocenters. The van der Waals surface area contributed by atoms with Crippen molar-refractivity contribution in [3.8, 4) is 6.07 Å². The number of aryl methyl sites for hydroxylation is 1. The molecule has 0 bridgehead atoms. The summed E-state index contributed by atoms with van der Waals surface area (Å²) in [7, 11) is 0. The van der Waals surface area contributed by atoms with E-state index in [0.717, 1.165) is 0 Å².